The Morgan fingerprint density at radius 2 is 1.50 bits per heavy atom. The molecule has 0 unspecified atom stereocenters. The number of piperidine rings is 1. The van der Waals surface area contributed by atoms with Gasteiger partial charge in [0.15, 0.2) is 5.76 Å². The van der Waals surface area contributed by atoms with Crippen LogP contribution in [0.2, 0.25) is 0 Å². The number of furan rings is 1. The van der Waals surface area contributed by atoms with Crippen LogP contribution < -0.4 is 0 Å². The molecule has 2 fully saturated rings. The van der Waals surface area contributed by atoms with Gasteiger partial charge in [0.2, 0.25) is 0 Å². The van der Waals surface area contributed by atoms with Gasteiger partial charge in [-0.15, -0.1) is 0 Å². The molecule has 0 radical (unpaired) electrons. The van der Waals surface area contributed by atoms with Crippen molar-refractivity contribution in [3.8, 4) is 0 Å². The SMILES string of the molecule is O=C1OC2(CCN(CCOC(c3cccc(C(F)(F)F)c3)c3cccc(C(F)(F)F)c3)CC2)CN1C(=O)c1ccco1. The largest absolute Gasteiger partial charge is 0.459 e. The Bertz CT molecular complexity index is 1360. The Balaban J connectivity index is 1.24. The van der Waals surface area contributed by atoms with E-state index < -0.39 is 47.2 Å². The van der Waals surface area contributed by atoms with Crippen LogP contribution in [0.5, 0.6) is 0 Å². The predicted octanol–water partition coefficient (Wildman–Crippen LogP) is 6.55. The number of carbonyl (C=O) groups excluding carboxylic acids is 2. The summed E-state index contributed by atoms with van der Waals surface area (Å²) in [5.74, 6) is -0.567. The first-order valence-electron chi connectivity index (χ1n) is 13.1. The van der Waals surface area contributed by atoms with Crippen LogP contribution in [0.4, 0.5) is 31.1 Å². The van der Waals surface area contributed by atoms with Crippen molar-refractivity contribution in [2.75, 3.05) is 32.8 Å². The molecule has 1 aromatic heterocycles. The first-order valence-corrected chi connectivity index (χ1v) is 13.1. The Morgan fingerprint density at radius 3 is 2.02 bits per heavy atom. The summed E-state index contributed by atoms with van der Waals surface area (Å²) < 4.78 is 96.9. The number of likely N-dealkylation sites (tertiary alicyclic amines) is 1. The number of hydrogen-bond donors (Lipinski definition) is 0. The number of benzene rings is 2. The fourth-order valence-corrected chi connectivity index (χ4v) is 5.20. The highest BCUT2D eigenvalue weighted by Gasteiger charge is 2.49. The van der Waals surface area contributed by atoms with Crippen LogP contribution in [0.3, 0.4) is 0 Å². The Hall–Kier alpha value is -3.84. The fraction of sp³-hybridized carbons (Fsp3) is 0.379. The average Bonchev–Trinajstić information content (AvgIpc) is 3.60. The second-order valence-corrected chi connectivity index (χ2v) is 10.3. The summed E-state index contributed by atoms with van der Waals surface area (Å²) in [6.07, 6.45) is -9.03. The molecule has 1 spiro atoms. The molecule has 13 heteroatoms. The average molecular weight is 597 g/mol. The van der Waals surface area contributed by atoms with Gasteiger partial charge in [-0.05, 0) is 47.5 Å². The van der Waals surface area contributed by atoms with E-state index in [1.807, 2.05) is 4.90 Å². The van der Waals surface area contributed by atoms with Crippen LogP contribution in [0.1, 0.15) is 51.8 Å². The number of alkyl halides is 6. The zero-order chi connectivity index (χ0) is 30.1. The fourth-order valence-electron chi connectivity index (χ4n) is 5.20. The van der Waals surface area contributed by atoms with E-state index in [2.05, 4.69) is 0 Å². The molecule has 0 atom stereocenters. The molecule has 0 bridgehead atoms. The highest BCUT2D eigenvalue weighted by atomic mass is 19.4. The highest BCUT2D eigenvalue weighted by Crippen LogP contribution is 2.37. The van der Waals surface area contributed by atoms with Crippen molar-refractivity contribution < 1.29 is 49.8 Å². The number of hydrogen-bond acceptors (Lipinski definition) is 6. The Kier molecular flexibility index (Phi) is 8.08. The minimum absolute atomic E-state index is 0.00699. The third kappa shape index (κ3) is 6.46. The lowest BCUT2D eigenvalue weighted by Crippen LogP contribution is -2.48. The van der Waals surface area contributed by atoms with E-state index in [1.54, 1.807) is 0 Å². The van der Waals surface area contributed by atoms with Gasteiger partial charge < -0.3 is 18.8 Å². The van der Waals surface area contributed by atoms with Crippen molar-refractivity contribution in [3.63, 3.8) is 0 Å². The zero-order valence-corrected chi connectivity index (χ0v) is 22.1. The van der Waals surface area contributed by atoms with Gasteiger partial charge in [-0.3, -0.25) is 4.79 Å². The summed E-state index contributed by atoms with van der Waals surface area (Å²) in [7, 11) is 0. The van der Waals surface area contributed by atoms with Crippen molar-refractivity contribution >= 4 is 12.0 Å². The number of halogens is 6. The summed E-state index contributed by atoms with van der Waals surface area (Å²) in [5, 5.41) is 0. The van der Waals surface area contributed by atoms with Crippen molar-refractivity contribution in [2.45, 2.75) is 36.9 Å². The molecule has 7 nitrogen and oxygen atoms in total. The molecule has 0 aliphatic carbocycles. The second-order valence-electron chi connectivity index (χ2n) is 10.3. The molecule has 2 aromatic carbocycles. The molecule has 2 aliphatic rings. The summed E-state index contributed by atoms with van der Waals surface area (Å²) in [6, 6.07) is 11.7. The maximum absolute atomic E-state index is 13.4. The highest BCUT2D eigenvalue weighted by molar-refractivity contribution is 6.02. The molecule has 2 amide bonds. The zero-order valence-electron chi connectivity index (χ0n) is 22.1. The lowest BCUT2D eigenvalue weighted by molar-refractivity contribution is -0.138. The Labute approximate surface area is 236 Å². The van der Waals surface area contributed by atoms with Crippen molar-refractivity contribution in [1.82, 2.24) is 9.80 Å². The normalized spacial score (nSPS) is 17.7. The van der Waals surface area contributed by atoms with Crippen LogP contribution in [0.25, 0.3) is 0 Å². The van der Waals surface area contributed by atoms with Gasteiger partial charge in [0.1, 0.15) is 11.7 Å². The van der Waals surface area contributed by atoms with Crippen molar-refractivity contribution in [3.05, 3.63) is 94.9 Å². The number of amides is 2. The first-order chi connectivity index (χ1) is 19.8. The summed E-state index contributed by atoms with van der Waals surface area (Å²) >= 11 is 0. The molecule has 2 saturated heterocycles. The lowest BCUT2D eigenvalue weighted by atomic mass is 9.91. The number of ether oxygens (including phenoxy) is 2. The molecule has 0 N–H and O–H groups in total. The maximum Gasteiger partial charge on any atom is 0.417 e. The molecule has 42 heavy (non-hydrogen) atoms. The molecular formula is C29H26F6N2O5. The quantitative estimate of drug-likeness (QED) is 0.288. The van der Waals surface area contributed by atoms with Gasteiger partial charge in [0, 0.05) is 32.5 Å². The van der Waals surface area contributed by atoms with Crippen LogP contribution in [0.15, 0.2) is 71.3 Å². The van der Waals surface area contributed by atoms with E-state index in [1.165, 1.54) is 42.7 Å². The standard InChI is InChI=1S/C29H26F6N2O5/c30-28(31,32)21-6-1-4-19(16-21)24(20-5-2-7-22(17-20)29(33,34)35)41-15-13-36-11-9-27(10-12-36)18-37(26(39)42-27)25(38)23-8-3-14-40-23/h1-8,14,16-17,24H,9-13,15,18H2. The van der Waals surface area contributed by atoms with E-state index in [4.69, 9.17) is 13.9 Å². The van der Waals surface area contributed by atoms with Gasteiger partial charge in [-0.25, -0.2) is 9.69 Å². The summed E-state index contributed by atoms with van der Waals surface area (Å²) in [6.45, 7) is 1.35. The van der Waals surface area contributed by atoms with E-state index in [0.29, 0.717) is 32.5 Å². The van der Waals surface area contributed by atoms with Gasteiger partial charge in [-0.1, -0.05) is 24.3 Å². The predicted molar refractivity (Wildman–Crippen MR) is 135 cm³/mol. The van der Waals surface area contributed by atoms with Crippen molar-refractivity contribution in [1.29, 1.82) is 0 Å². The number of nitrogens with zero attached hydrogens (tertiary/aromatic N) is 2. The number of rotatable bonds is 7. The van der Waals surface area contributed by atoms with Crippen molar-refractivity contribution in [2.24, 2.45) is 0 Å². The van der Waals surface area contributed by atoms with Crippen LogP contribution in [0, 0.1) is 0 Å². The molecule has 224 valence electrons. The summed E-state index contributed by atoms with van der Waals surface area (Å²) in [5.41, 5.74) is -2.59. The van der Waals surface area contributed by atoms with Gasteiger partial charge in [0.25, 0.3) is 5.91 Å². The Morgan fingerprint density at radius 1 is 0.905 bits per heavy atom. The van der Waals surface area contributed by atoms with Crippen LogP contribution >= 0.6 is 0 Å². The van der Waals surface area contributed by atoms with E-state index >= 15 is 0 Å². The lowest BCUT2D eigenvalue weighted by Gasteiger charge is -2.37. The smallest absolute Gasteiger partial charge is 0.417 e. The minimum Gasteiger partial charge on any atom is -0.459 e. The molecule has 2 aliphatic heterocycles. The maximum atomic E-state index is 13.4. The topological polar surface area (TPSA) is 72.2 Å². The number of imide groups is 1. The minimum atomic E-state index is -4.64. The van der Waals surface area contributed by atoms with Gasteiger partial charge in [-0.2, -0.15) is 26.3 Å². The molecule has 5 rings (SSSR count). The first kappa shape index (κ1) is 29.6. The summed E-state index contributed by atoms with van der Waals surface area (Å²) in [4.78, 5) is 28.0. The van der Waals surface area contributed by atoms with Gasteiger partial charge >= 0.3 is 18.4 Å². The molecule has 3 aromatic rings. The monoisotopic (exact) mass is 596 g/mol. The van der Waals surface area contributed by atoms with Crippen LogP contribution in [-0.4, -0.2) is 60.2 Å². The van der Waals surface area contributed by atoms with E-state index in [-0.39, 0.29) is 30.0 Å². The van der Waals surface area contributed by atoms with E-state index in [9.17, 15) is 35.9 Å². The van der Waals surface area contributed by atoms with Gasteiger partial charge in [0.05, 0.1) is 30.5 Å². The van der Waals surface area contributed by atoms with E-state index in [0.717, 1.165) is 29.2 Å². The third-order valence-corrected chi connectivity index (χ3v) is 7.44. The molecule has 3 heterocycles. The molecule has 0 saturated carbocycles. The molecular weight excluding hydrogens is 570 g/mol. The second kappa shape index (κ2) is 11.4. The van der Waals surface area contributed by atoms with Crippen LogP contribution in [-0.2, 0) is 21.8 Å². The third-order valence-electron chi connectivity index (χ3n) is 7.44. The number of carbonyl (C=O) groups is 2.